The fourth-order valence-electron chi connectivity index (χ4n) is 5.90. The number of aliphatic carboxylic acids is 1. The van der Waals surface area contributed by atoms with Crippen LogP contribution in [0, 0.1) is 5.92 Å². The molecule has 0 amide bonds. The van der Waals surface area contributed by atoms with Gasteiger partial charge in [0.25, 0.3) is 0 Å². The third-order valence-electron chi connectivity index (χ3n) is 7.86. The Labute approximate surface area is 241 Å². The highest BCUT2D eigenvalue weighted by Crippen LogP contribution is 2.47. The van der Waals surface area contributed by atoms with Crippen LogP contribution in [-0.2, 0) is 20.6 Å². The second-order valence-corrected chi connectivity index (χ2v) is 12.4. The number of likely N-dealkylation sites (tertiary alicyclic amines) is 1. The van der Waals surface area contributed by atoms with Crippen LogP contribution in [0.4, 0.5) is 0 Å². The van der Waals surface area contributed by atoms with E-state index in [-0.39, 0.29) is 25.0 Å². The second kappa shape index (κ2) is 12.5. The van der Waals surface area contributed by atoms with E-state index in [2.05, 4.69) is 4.90 Å². The Balaban J connectivity index is 1.45. The van der Waals surface area contributed by atoms with E-state index in [1.807, 2.05) is 79.7 Å². The fraction of sp³-hybridized carbons (Fsp3) is 0.387. The lowest BCUT2D eigenvalue weighted by molar-refractivity contribution is -0.143. The van der Waals surface area contributed by atoms with Crippen molar-refractivity contribution in [2.45, 2.75) is 31.1 Å². The number of hydrogen-bond donors (Lipinski definition) is 1. The first-order valence-corrected chi connectivity index (χ1v) is 15.4. The van der Waals surface area contributed by atoms with Crippen LogP contribution in [-0.4, -0.2) is 68.8 Å². The number of carboxylic acid groups (broad SMARTS) is 1. The summed E-state index contributed by atoms with van der Waals surface area (Å²) in [5, 5.41) is 10.5. The molecule has 1 fully saturated rings. The molecule has 0 aromatic heterocycles. The number of benzene rings is 3. The highest BCUT2D eigenvalue weighted by atomic mass is 32.2. The molecule has 0 aliphatic carbocycles. The van der Waals surface area contributed by atoms with Gasteiger partial charge in [0.05, 0.1) is 18.8 Å². The molecule has 2 heterocycles. The smallest absolute Gasteiger partial charge is 0.309 e. The molecule has 41 heavy (non-hydrogen) atoms. The third-order valence-corrected chi connectivity index (χ3v) is 9.71. The van der Waals surface area contributed by atoms with E-state index < -0.39 is 28.0 Å². The Morgan fingerprint density at radius 2 is 1.71 bits per heavy atom. The predicted octanol–water partition coefficient (Wildman–Crippen LogP) is 4.51. The minimum absolute atomic E-state index is 0.0761. The molecule has 3 atom stereocenters. The second-order valence-electron chi connectivity index (χ2n) is 10.4. The molecule has 1 N–H and O–H groups in total. The number of nitrogens with zero attached hydrogens (tertiary/aromatic N) is 2. The summed E-state index contributed by atoms with van der Waals surface area (Å²) >= 11 is 0. The summed E-state index contributed by atoms with van der Waals surface area (Å²) in [4.78, 5) is 15.0. The summed E-state index contributed by atoms with van der Waals surface area (Å²) in [5.74, 6) is -0.156. The Hall–Kier alpha value is -3.60. The van der Waals surface area contributed by atoms with Crippen LogP contribution in [0.3, 0.4) is 0 Å². The summed E-state index contributed by atoms with van der Waals surface area (Å²) in [6, 6.07) is 21.7. The third kappa shape index (κ3) is 6.34. The first-order valence-electron chi connectivity index (χ1n) is 13.8. The van der Waals surface area contributed by atoms with Crippen molar-refractivity contribution in [2.75, 3.05) is 40.1 Å². The molecule has 0 bridgehead atoms. The summed E-state index contributed by atoms with van der Waals surface area (Å²) in [7, 11) is -1.99. The molecule has 0 spiro atoms. The number of sulfonamides is 1. The number of ether oxygens (including phenoxy) is 3. The van der Waals surface area contributed by atoms with Crippen molar-refractivity contribution in [3.63, 3.8) is 0 Å². The van der Waals surface area contributed by atoms with Crippen molar-refractivity contribution >= 4 is 16.0 Å². The SMILES string of the molecule is CCCN(CCN1CC(c2ccc3c(c2)OCO3)[C@H](C(=O)O)[C@H]1c1ccc(OC)cc1)S(=O)(=O)Cc1ccccc1. The van der Waals surface area contributed by atoms with Crippen molar-refractivity contribution < 1.29 is 32.5 Å². The molecule has 2 aliphatic heterocycles. The number of carboxylic acids is 1. The van der Waals surface area contributed by atoms with E-state index in [0.717, 1.165) is 16.7 Å². The normalized spacial score (nSPS) is 20.4. The van der Waals surface area contributed by atoms with E-state index in [0.29, 0.717) is 43.3 Å². The highest BCUT2D eigenvalue weighted by Gasteiger charge is 2.47. The molecule has 1 unspecified atom stereocenters. The van der Waals surface area contributed by atoms with Crippen molar-refractivity contribution in [3.8, 4) is 17.2 Å². The van der Waals surface area contributed by atoms with Crippen LogP contribution < -0.4 is 14.2 Å². The average Bonchev–Trinajstić information content (AvgIpc) is 3.60. The molecular formula is C31H36N2O7S. The minimum Gasteiger partial charge on any atom is -0.497 e. The van der Waals surface area contributed by atoms with Gasteiger partial charge in [0.1, 0.15) is 5.75 Å². The zero-order valence-corrected chi connectivity index (χ0v) is 24.1. The molecule has 10 heteroatoms. The molecule has 0 radical (unpaired) electrons. The first-order chi connectivity index (χ1) is 19.8. The summed E-state index contributed by atoms with van der Waals surface area (Å²) < 4.78 is 44.8. The summed E-state index contributed by atoms with van der Waals surface area (Å²) in [6.45, 7) is 3.58. The van der Waals surface area contributed by atoms with Gasteiger partial charge in [-0.05, 0) is 47.4 Å². The first kappa shape index (κ1) is 28.9. The Kier molecular flexibility index (Phi) is 8.82. The van der Waals surface area contributed by atoms with E-state index in [4.69, 9.17) is 14.2 Å². The number of methoxy groups -OCH3 is 1. The molecular weight excluding hydrogens is 544 g/mol. The van der Waals surface area contributed by atoms with Gasteiger partial charge >= 0.3 is 5.97 Å². The molecule has 3 aromatic rings. The number of carbonyl (C=O) groups is 1. The van der Waals surface area contributed by atoms with Crippen LogP contribution in [0.1, 0.15) is 42.0 Å². The van der Waals surface area contributed by atoms with Gasteiger partial charge < -0.3 is 19.3 Å². The molecule has 3 aromatic carbocycles. The lowest BCUT2D eigenvalue weighted by atomic mass is 9.82. The van der Waals surface area contributed by atoms with E-state index >= 15 is 0 Å². The highest BCUT2D eigenvalue weighted by molar-refractivity contribution is 7.88. The molecule has 9 nitrogen and oxygen atoms in total. The van der Waals surface area contributed by atoms with Crippen molar-refractivity contribution in [1.29, 1.82) is 0 Å². The van der Waals surface area contributed by atoms with Crippen LogP contribution >= 0.6 is 0 Å². The Morgan fingerprint density at radius 3 is 2.39 bits per heavy atom. The quantitative estimate of drug-likeness (QED) is 0.334. The average molecular weight is 581 g/mol. The monoisotopic (exact) mass is 580 g/mol. The van der Waals surface area contributed by atoms with Crippen LogP contribution in [0.15, 0.2) is 72.8 Å². The Bertz CT molecular complexity index is 1450. The lowest BCUT2D eigenvalue weighted by Crippen LogP contribution is -2.40. The van der Waals surface area contributed by atoms with Crippen molar-refractivity contribution in [1.82, 2.24) is 9.21 Å². The van der Waals surface area contributed by atoms with Gasteiger partial charge in [0, 0.05) is 38.1 Å². The fourth-order valence-corrected chi connectivity index (χ4v) is 7.51. The van der Waals surface area contributed by atoms with Gasteiger partial charge in [-0.2, -0.15) is 0 Å². The van der Waals surface area contributed by atoms with Crippen LogP contribution in [0.5, 0.6) is 17.2 Å². The van der Waals surface area contributed by atoms with Crippen molar-refractivity contribution in [2.24, 2.45) is 5.92 Å². The maximum absolute atomic E-state index is 13.5. The zero-order valence-electron chi connectivity index (χ0n) is 23.3. The van der Waals surface area contributed by atoms with Gasteiger partial charge in [-0.15, -0.1) is 0 Å². The van der Waals surface area contributed by atoms with E-state index in [1.54, 1.807) is 7.11 Å². The zero-order chi connectivity index (χ0) is 29.0. The molecule has 2 aliphatic rings. The van der Waals surface area contributed by atoms with Crippen LogP contribution in [0.2, 0.25) is 0 Å². The molecule has 218 valence electrons. The van der Waals surface area contributed by atoms with E-state index in [1.165, 1.54) is 4.31 Å². The minimum atomic E-state index is -3.58. The standard InChI is InChI=1S/C31H36N2O7S/c1-3-15-33(41(36,37)20-22-7-5-4-6-8-22)17-16-32-19-26(24-11-14-27-28(18-24)40-21-39-27)29(31(34)35)30(32)23-9-12-25(38-2)13-10-23/h4-14,18,26,29-30H,3,15-17,19-21H2,1-2H3,(H,34,35)/t26?,29-,30+/m0/s1. The van der Waals surface area contributed by atoms with Gasteiger partial charge in [-0.25, -0.2) is 12.7 Å². The van der Waals surface area contributed by atoms with Crippen molar-refractivity contribution in [3.05, 3.63) is 89.5 Å². The van der Waals surface area contributed by atoms with Gasteiger partial charge in [0.2, 0.25) is 16.8 Å². The lowest BCUT2D eigenvalue weighted by Gasteiger charge is -2.30. The van der Waals surface area contributed by atoms with E-state index in [9.17, 15) is 18.3 Å². The number of fused-ring (bicyclic) bond motifs is 1. The topological polar surface area (TPSA) is 106 Å². The molecule has 1 saturated heterocycles. The Morgan fingerprint density at radius 1 is 1.00 bits per heavy atom. The predicted molar refractivity (Wildman–Crippen MR) is 155 cm³/mol. The maximum atomic E-state index is 13.5. The van der Waals surface area contributed by atoms with Gasteiger partial charge in [0.15, 0.2) is 11.5 Å². The van der Waals surface area contributed by atoms with Crippen LogP contribution in [0.25, 0.3) is 0 Å². The number of hydrogen-bond acceptors (Lipinski definition) is 7. The molecule has 5 rings (SSSR count). The van der Waals surface area contributed by atoms with Gasteiger partial charge in [-0.1, -0.05) is 55.5 Å². The largest absolute Gasteiger partial charge is 0.497 e. The molecule has 0 saturated carbocycles. The number of rotatable bonds is 12. The summed E-state index contributed by atoms with van der Waals surface area (Å²) in [6.07, 6.45) is 0.674. The summed E-state index contributed by atoms with van der Waals surface area (Å²) in [5.41, 5.74) is 2.43. The maximum Gasteiger partial charge on any atom is 0.309 e. The van der Waals surface area contributed by atoms with Gasteiger partial charge in [-0.3, -0.25) is 9.69 Å².